The van der Waals surface area contributed by atoms with Gasteiger partial charge in [0.25, 0.3) is 0 Å². The molecule has 0 saturated carbocycles. The van der Waals surface area contributed by atoms with Crippen LogP contribution in [0.15, 0.2) is 4.99 Å². The van der Waals surface area contributed by atoms with Crippen LogP contribution in [-0.2, 0) is 10.0 Å². The summed E-state index contributed by atoms with van der Waals surface area (Å²) in [4.78, 5) is 6.64. The molecule has 25 heavy (non-hydrogen) atoms. The summed E-state index contributed by atoms with van der Waals surface area (Å²) in [6, 6.07) is 0.352. The Bertz CT molecular complexity index is 442. The number of nitrogens with one attached hydrogen (secondary N) is 3. The molecule has 0 amide bonds. The lowest BCUT2D eigenvalue weighted by molar-refractivity contribution is 0.292. The number of sulfonamides is 1. The van der Waals surface area contributed by atoms with Crippen LogP contribution in [0.3, 0.4) is 0 Å². The maximum atomic E-state index is 11.3. The molecule has 0 aromatic rings. The van der Waals surface area contributed by atoms with Crippen LogP contribution >= 0.6 is 24.0 Å². The van der Waals surface area contributed by atoms with Crippen molar-refractivity contribution in [3.8, 4) is 0 Å². The largest absolute Gasteiger partial charge is 0.356 e. The molecular formula is C16H38IN5O2S. The molecular weight excluding hydrogens is 453 g/mol. The molecule has 0 heterocycles. The zero-order valence-corrected chi connectivity index (χ0v) is 19.6. The molecule has 1 unspecified atom stereocenters. The van der Waals surface area contributed by atoms with Gasteiger partial charge in [0.1, 0.15) is 0 Å². The molecule has 0 rings (SSSR count). The summed E-state index contributed by atoms with van der Waals surface area (Å²) < 4.78 is 25.2. The van der Waals surface area contributed by atoms with E-state index >= 15 is 0 Å². The highest BCUT2D eigenvalue weighted by Crippen LogP contribution is 1.99. The summed E-state index contributed by atoms with van der Waals surface area (Å²) in [5.74, 6) is 0.887. The van der Waals surface area contributed by atoms with Crippen LogP contribution in [0, 0.1) is 0 Å². The number of aliphatic imine (C=N–C) groups is 1. The minimum atomic E-state index is -3.09. The smallest absolute Gasteiger partial charge is 0.211 e. The van der Waals surface area contributed by atoms with Gasteiger partial charge >= 0.3 is 0 Å². The van der Waals surface area contributed by atoms with Gasteiger partial charge in [-0.25, -0.2) is 13.1 Å². The lowest BCUT2D eigenvalue weighted by Crippen LogP contribution is -2.43. The van der Waals surface area contributed by atoms with Crippen molar-refractivity contribution in [2.45, 2.75) is 53.0 Å². The maximum Gasteiger partial charge on any atom is 0.211 e. The van der Waals surface area contributed by atoms with E-state index in [0.29, 0.717) is 19.1 Å². The van der Waals surface area contributed by atoms with Crippen LogP contribution in [-0.4, -0.2) is 70.8 Å². The first-order valence-corrected chi connectivity index (χ1v) is 10.7. The molecule has 1 atom stereocenters. The van der Waals surface area contributed by atoms with Gasteiger partial charge in [0.05, 0.1) is 5.75 Å². The lowest BCUT2D eigenvalue weighted by Gasteiger charge is -2.21. The molecule has 0 aliphatic rings. The first-order chi connectivity index (χ1) is 11.4. The Kier molecular flexibility index (Phi) is 17.4. The standard InChI is InChI=1S/C16H37N5O2S.HI/c1-6-21(7-2)14-9-11-15(4)20-16(17-5)18-12-10-13-19-24(22,23)8-3;/h15,19H,6-14H2,1-5H3,(H2,17,18,20);1H. The number of guanidine groups is 1. The van der Waals surface area contributed by atoms with Gasteiger partial charge in [-0.1, -0.05) is 13.8 Å². The Morgan fingerprint density at radius 3 is 2.28 bits per heavy atom. The normalized spacial score (nSPS) is 13.4. The fraction of sp³-hybridized carbons (Fsp3) is 0.938. The average Bonchev–Trinajstić information content (AvgIpc) is 2.57. The van der Waals surface area contributed by atoms with E-state index in [1.807, 2.05) is 0 Å². The van der Waals surface area contributed by atoms with Gasteiger partial charge in [0.15, 0.2) is 5.96 Å². The van der Waals surface area contributed by atoms with E-state index in [1.54, 1.807) is 14.0 Å². The van der Waals surface area contributed by atoms with Crippen molar-refractivity contribution in [1.29, 1.82) is 0 Å². The second-order valence-electron chi connectivity index (χ2n) is 5.86. The molecule has 0 bridgehead atoms. The molecule has 152 valence electrons. The molecule has 3 N–H and O–H groups in total. The van der Waals surface area contributed by atoms with Crippen LogP contribution in [0.2, 0.25) is 0 Å². The summed E-state index contributed by atoms with van der Waals surface area (Å²) in [5.41, 5.74) is 0. The quantitative estimate of drug-likeness (QED) is 0.158. The van der Waals surface area contributed by atoms with E-state index in [4.69, 9.17) is 0 Å². The Hall–Kier alpha value is -0.130. The average molecular weight is 491 g/mol. The predicted molar refractivity (Wildman–Crippen MR) is 118 cm³/mol. The van der Waals surface area contributed by atoms with E-state index in [2.05, 4.69) is 46.0 Å². The fourth-order valence-corrected chi connectivity index (χ4v) is 2.95. The minimum Gasteiger partial charge on any atom is -0.356 e. The first kappa shape index (κ1) is 27.1. The van der Waals surface area contributed by atoms with Crippen LogP contribution in [0.1, 0.15) is 47.0 Å². The summed E-state index contributed by atoms with van der Waals surface area (Å²) in [6.45, 7) is 12.6. The summed E-state index contributed by atoms with van der Waals surface area (Å²) >= 11 is 0. The highest BCUT2D eigenvalue weighted by Gasteiger charge is 2.07. The third-order valence-electron chi connectivity index (χ3n) is 3.96. The first-order valence-electron chi connectivity index (χ1n) is 9.05. The zero-order chi connectivity index (χ0) is 18.4. The van der Waals surface area contributed by atoms with Gasteiger partial charge in [-0.05, 0) is 52.7 Å². The van der Waals surface area contributed by atoms with E-state index in [9.17, 15) is 8.42 Å². The Morgan fingerprint density at radius 1 is 1.12 bits per heavy atom. The van der Waals surface area contributed by atoms with Crippen LogP contribution in [0.5, 0.6) is 0 Å². The molecule has 0 saturated heterocycles. The molecule has 0 radical (unpaired) electrons. The molecule has 0 aromatic heterocycles. The van der Waals surface area contributed by atoms with Crippen molar-refractivity contribution in [1.82, 2.24) is 20.3 Å². The number of halogens is 1. The van der Waals surface area contributed by atoms with Gasteiger partial charge in [0, 0.05) is 26.2 Å². The lowest BCUT2D eigenvalue weighted by atomic mass is 10.2. The third-order valence-corrected chi connectivity index (χ3v) is 5.36. The predicted octanol–water partition coefficient (Wildman–Crippen LogP) is 1.61. The van der Waals surface area contributed by atoms with Crippen LogP contribution < -0.4 is 15.4 Å². The van der Waals surface area contributed by atoms with Crippen molar-refractivity contribution in [3.63, 3.8) is 0 Å². The van der Waals surface area contributed by atoms with Crippen LogP contribution in [0.25, 0.3) is 0 Å². The number of nitrogens with zero attached hydrogens (tertiary/aromatic N) is 2. The SMILES string of the molecule is CCN(CC)CCCC(C)NC(=NC)NCCCNS(=O)(=O)CC.I. The number of hydrogen-bond donors (Lipinski definition) is 3. The van der Waals surface area contributed by atoms with Crippen molar-refractivity contribution >= 4 is 40.0 Å². The van der Waals surface area contributed by atoms with Gasteiger partial charge in [-0.2, -0.15) is 0 Å². The topological polar surface area (TPSA) is 85.8 Å². The van der Waals surface area contributed by atoms with Crippen LogP contribution in [0.4, 0.5) is 0 Å². The van der Waals surface area contributed by atoms with Crippen molar-refractivity contribution in [3.05, 3.63) is 0 Å². The second-order valence-corrected chi connectivity index (χ2v) is 7.96. The van der Waals surface area contributed by atoms with E-state index in [-0.39, 0.29) is 29.7 Å². The summed E-state index contributed by atoms with van der Waals surface area (Å²) in [7, 11) is -1.35. The van der Waals surface area contributed by atoms with Gasteiger partial charge in [-0.15, -0.1) is 24.0 Å². The highest BCUT2D eigenvalue weighted by atomic mass is 127. The Labute approximate surface area is 171 Å². The zero-order valence-electron chi connectivity index (χ0n) is 16.5. The molecule has 0 aliphatic carbocycles. The summed E-state index contributed by atoms with van der Waals surface area (Å²) in [5, 5.41) is 6.60. The Morgan fingerprint density at radius 2 is 1.76 bits per heavy atom. The monoisotopic (exact) mass is 491 g/mol. The van der Waals surface area contributed by atoms with Crippen molar-refractivity contribution in [2.24, 2.45) is 4.99 Å². The second kappa shape index (κ2) is 16.1. The van der Waals surface area contributed by atoms with E-state index in [0.717, 1.165) is 44.9 Å². The fourth-order valence-electron chi connectivity index (χ4n) is 2.29. The molecule has 7 nitrogen and oxygen atoms in total. The third kappa shape index (κ3) is 14.7. The number of rotatable bonds is 13. The van der Waals surface area contributed by atoms with E-state index < -0.39 is 10.0 Å². The minimum absolute atomic E-state index is 0. The van der Waals surface area contributed by atoms with Gasteiger partial charge < -0.3 is 15.5 Å². The molecule has 0 aromatic carbocycles. The molecule has 0 aliphatic heterocycles. The maximum absolute atomic E-state index is 11.3. The number of hydrogen-bond acceptors (Lipinski definition) is 4. The molecule has 0 fully saturated rings. The van der Waals surface area contributed by atoms with Gasteiger partial charge in [-0.3, -0.25) is 4.99 Å². The van der Waals surface area contributed by atoms with Gasteiger partial charge in [0.2, 0.25) is 10.0 Å². The van der Waals surface area contributed by atoms with E-state index in [1.165, 1.54) is 0 Å². The molecule has 0 spiro atoms. The molecule has 9 heteroatoms. The van der Waals surface area contributed by atoms with Crippen molar-refractivity contribution in [2.75, 3.05) is 45.5 Å². The van der Waals surface area contributed by atoms with Crippen molar-refractivity contribution < 1.29 is 8.42 Å². The highest BCUT2D eigenvalue weighted by molar-refractivity contribution is 14.0. The summed E-state index contributed by atoms with van der Waals surface area (Å²) in [6.07, 6.45) is 2.97. The Balaban J connectivity index is 0.